The summed E-state index contributed by atoms with van der Waals surface area (Å²) in [4.78, 5) is 22.2. The van der Waals surface area contributed by atoms with Crippen molar-refractivity contribution >= 4 is 5.91 Å². The Morgan fingerprint density at radius 1 is 1.56 bits per heavy atom. The van der Waals surface area contributed by atoms with Gasteiger partial charge in [0, 0.05) is 42.7 Å². The smallest absolute Gasteiger partial charge is 0.246 e. The number of carbonyl (C=O) groups is 1. The fraction of sp³-hybridized carbons (Fsp3) is 0.333. The minimum Gasteiger partial charge on any atom is -0.351 e. The lowest BCUT2D eigenvalue weighted by Gasteiger charge is -2.10. The van der Waals surface area contributed by atoms with E-state index in [9.17, 15) is 9.59 Å². The lowest BCUT2D eigenvalue weighted by Crippen LogP contribution is -2.28. The summed E-state index contributed by atoms with van der Waals surface area (Å²) in [7, 11) is 0. The Morgan fingerprint density at radius 2 is 2.25 bits per heavy atom. The van der Waals surface area contributed by atoms with Crippen molar-refractivity contribution in [2.45, 2.75) is 20.4 Å². The monoisotopic (exact) mass is 220 g/mol. The van der Waals surface area contributed by atoms with Gasteiger partial charge in [-0.1, -0.05) is 6.58 Å². The van der Waals surface area contributed by atoms with Crippen molar-refractivity contribution in [1.29, 1.82) is 0 Å². The fourth-order valence-corrected chi connectivity index (χ4v) is 1.31. The Hall–Kier alpha value is -1.84. The Labute approximate surface area is 94.6 Å². The number of pyridine rings is 1. The maximum Gasteiger partial charge on any atom is 0.246 e. The van der Waals surface area contributed by atoms with Gasteiger partial charge >= 0.3 is 0 Å². The first-order valence-electron chi connectivity index (χ1n) is 5.11. The zero-order valence-electron chi connectivity index (χ0n) is 9.62. The molecule has 1 N–H and O–H groups in total. The molecule has 0 saturated heterocycles. The second-order valence-corrected chi connectivity index (χ2v) is 3.73. The molecule has 0 bridgehead atoms. The largest absolute Gasteiger partial charge is 0.351 e. The van der Waals surface area contributed by atoms with E-state index >= 15 is 0 Å². The summed E-state index contributed by atoms with van der Waals surface area (Å²) in [6.45, 7) is 8.25. The lowest BCUT2D eigenvalue weighted by molar-refractivity contribution is -0.117. The molecule has 0 saturated carbocycles. The predicted octanol–water partition coefficient (Wildman–Crippen LogP) is 0.849. The third-order valence-electron chi connectivity index (χ3n) is 2.25. The molecule has 0 aliphatic rings. The van der Waals surface area contributed by atoms with Crippen LogP contribution in [-0.2, 0) is 11.3 Å². The average Bonchev–Trinajstić information content (AvgIpc) is 2.20. The van der Waals surface area contributed by atoms with Crippen molar-refractivity contribution in [1.82, 2.24) is 9.88 Å². The number of aromatic nitrogens is 1. The summed E-state index contributed by atoms with van der Waals surface area (Å²) in [5, 5.41) is 2.73. The summed E-state index contributed by atoms with van der Waals surface area (Å²) in [5.74, 6) is -0.140. The highest BCUT2D eigenvalue weighted by Crippen LogP contribution is 1.93. The van der Waals surface area contributed by atoms with Crippen LogP contribution in [0, 0.1) is 6.92 Å². The molecule has 0 unspecified atom stereocenters. The Bertz CT molecular complexity index is 460. The molecular formula is C12H16N2O2. The van der Waals surface area contributed by atoms with Crippen molar-refractivity contribution < 1.29 is 4.79 Å². The van der Waals surface area contributed by atoms with Crippen LogP contribution in [0.2, 0.25) is 0 Å². The van der Waals surface area contributed by atoms with Crippen molar-refractivity contribution in [3.63, 3.8) is 0 Å². The first-order chi connectivity index (χ1) is 7.50. The van der Waals surface area contributed by atoms with Gasteiger partial charge in [-0.3, -0.25) is 9.59 Å². The van der Waals surface area contributed by atoms with Gasteiger partial charge < -0.3 is 9.88 Å². The molecule has 0 atom stereocenters. The normalized spacial score (nSPS) is 9.88. The Balaban J connectivity index is 2.52. The first-order valence-corrected chi connectivity index (χ1v) is 5.11. The molecule has 0 fully saturated rings. The third kappa shape index (κ3) is 3.38. The van der Waals surface area contributed by atoms with Gasteiger partial charge in [0.15, 0.2) is 5.43 Å². The summed E-state index contributed by atoms with van der Waals surface area (Å²) in [6, 6.07) is 3.08. The minimum absolute atomic E-state index is 0.000258. The second-order valence-electron chi connectivity index (χ2n) is 3.73. The molecule has 0 radical (unpaired) electrons. The highest BCUT2D eigenvalue weighted by molar-refractivity contribution is 5.91. The van der Waals surface area contributed by atoms with E-state index in [1.165, 1.54) is 6.07 Å². The van der Waals surface area contributed by atoms with Crippen LogP contribution in [0.4, 0.5) is 0 Å². The van der Waals surface area contributed by atoms with Gasteiger partial charge in [-0.15, -0.1) is 0 Å². The molecule has 0 spiro atoms. The summed E-state index contributed by atoms with van der Waals surface area (Å²) < 4.78 is 1.92. The zero-order chi connectivity index (χ0) is 12.1. The van der Waals surface area contributed by atoms with Crippen molar-refractivity contribution in [3.8, 4) is 0 Å². The molecule has 1 aromatic heterocycles. The SMILES string of the molecule is C=C(C)C(=O)NCCn1ccc(=O)cc1C. The van der Waals surface area contributed by atoms with Crippen LogP contribution in [0.1, 0.15) is 12.6 Å². The molecule has 1 heterocycles. The zero-order valence-corrected chi connectivity index (χ0v) is 9.62. The Kier molecular flexibility index (Phi) is 4.05. The fourth-order valence-electron chi connectivity index (χ4n) is 1.31. The molecule has 4 heteroatoms. The van der Waals surface area contributed by atoms with Gasteiger partial charge in [-0.05, 0) is 13.8 Å². The molecule has 0 aliphatic heterocycles. The number of hydrogen-bond donors (Lipinski definition) is 1. The number of aryl methyl sites for hydroxylation is 1. The van der Waals surface area contributed by atoms with Gasteiger partial charge in [0.1, 0.15) is 0 Å². The molecule has 1 rings (SSSR count). The van der Waals surface area contributed by atoms with Crippen LogP contribution in [0.25, 0.3) is 0 Å². The predicted molar refractivity (Wildman–Crippen MR) is 63.3 cm³/mol. The van der Waals surface area contributed by atoms with Gasteiger partial charge in [-0.25, -0.2) is 0 Å². The van der Waals surface area contributed by atoms with Crippen LogP contribution in [-0.4, -0.2) is 17.0 Å². The lowest BCUT2D eigenvalue weighted by atomic mass is 10.3. The topological polar surface area (TPSA) is 51.1 Å². The van der Waals surface area contributed by atoms with Gasteiger partial charge in [-0.2, -0.15) is 0 Å². The van der Waals surface area contributed by atoms with E-state index in [-0.39, 0.29) is 11.3 Å². The van der Waals surface area contributed by atoms with Crippen LogP contribution in [0.5, 0.6) is 0 Å². The van der Waals surface area contributed by atoms with E-state index in [1.807, 2.05) is 11.5 Å². The number of carbonyl (C=O) groups excluding carboxylic acids is 1. The maximum atomic E-state index is 11.2. The van der Waals surface area contributed by atoms with Crippen LogP contribution in [0.3, 0.4) is 0 Å². The van der Waals surface area contributed by atoms with Gasteiger partial charge in [0.05, 0.1) is 0 Å². The van der Waals surface area contributed by atoms with E-state index in [4.69, 9.17) is 0 Å². The molecule has 0 aromatic carbocycles. The number of nitrogens with zero attached hydrogens (tertiary/aromatic N) is 1. The number of nitrogens with one attached hydrogen (secondary N) is 1. The Morgan fingerprint density at radius 3 is 2.81 bits per heavy atom. The van der Waals surface area contributed by atoms with E-state index in [0.717, 1.165) is 5.69 Å². The van der Waals surface area contributed by atoms with Crippen molar-refractivity contribution in [2.24, 2.45) is 0 Å². The second kappa shape index (κ2) is 5.30. The number of amides is 1. The maximum absolute atomic E-state index is 11.2. The van der Waals surface area contributed by atoms with E-state index in [1.54, 1.807) is 19.2 Å². The van der Waals surface area contributed by atoms with Gasteiger partial charge in [0.25, 0.3) is 0 Å². The standard InChI is InChI=1S/C12H16N2O2/c1-9(2)12(16)13-5-7-14-6-4-11(15)8-10(14)3/h4,6,8H,1,5,7H2,2-3H3,(H,13,16). The quantitative estimate of drug-likeness (QED) is 0.765. The van der Waals surface area contributed by atoms with Crippen LogP contribution < -0.4 is 10.7 Å². The molecule has 16 heavy (non-hydrogen) atoms. The van der Waals surface area contributed by atoms with Gasteiger partial charge in [0.2, 0.25) is 5.91 Å². The highest BCUT2D eigenvalue weighted by Gasteiger charge is 2.00. The molecule has 1 aromatic rings. The summed E-state index contributed by atoms with van der Waals surface area (Å²) >= 11 is 0. The van der Waals surface area contributed by atoms with E-state index in [2.05, 4.69) is 11.9 Å². The van der Waals surface area contributed by atoms with Crippen LogP contribution in [0.15, 0.2) is 35.3 Å². The number of rotatable bonds is 4. The number of hydrogen-bond acceptors (Lipinski definition) is 2. The molecule has 4 nitrogen and oxygen atoms in total. The highest BCUT2D eigenvalue weighted by atomic mass is 16.1. The van der Waals surface area contributed by atoms with E-state index in [0.29, 0.717) is 18.7 Å². The van der Waals surface area contributed by atoms with Crippen molar-refractivity contribution in [2.75, 3.05) is 6.54 Å². The third-order valence-corrected chi connectivity index (χ3v) is 2.25. The summed E-state index contributed by atoms with van der Waals surface area (Å²) in [6.07, 6.45) is 1.73. The molecule has 0 aliphatic carbocycles. The first kappa shape index (κ1) is 12.2. The molecular weight excluding hydrogens is 204 g/mol. The van der Waals surface area contributed by atoms with E-state index < -0.39 is 0 Å². The van der Waals surface area contributed by atoms with Crippen LogP contribution >= 0.6 is 0 Å². The average molecular weight is 220 g/mol. The summed E-state index contributed by atoms with van der Waals surface area (Å²) in [5.41, 5.74) is 1.38. The minimum atomic E-state index is -0.140. The molecule has 86 valence electrons. The van der Waals surface area contributed by atoms with Crippen molar-refractivity contribution in [3.05, 3.63) is 46.4 Å². The molecule has 1 amide bonds.